The van der Waals surface area contributed by atoms with Crippen molar-refractivity contribution in [1.82, 2.24) is 24.9 Å². The van der Waals surface area contributed by atoms with Crippen molar-refractivity contribution in [3.63, 3.8) is 0 Å². The molecule has 4 bridgehead atoms. The van der Waals surface area contributed by atoms with Crippen LogP contribution < -0.4 is 5.32 Å². The minimum atomic E-state index is 0.542. The van der Waals surface area contributed by atoms with E-state index < -0.39 is 0 Å². The zero-order valence-corrected chi connectivity index (χ0v) is 20.2. The first kappa shape index (κ1) is 20.4. The molecule has 3 atom stereocenters. The molecule has 0 unspecified atom stereocenters. The largest absolute Gasteiger partial charge is 0.366 e. The highest BCUT2D eigenvalue weighted by Crippen LogP contribution is 2.60. The van der Waals surface area contributed by atoms with Crippen molar-refractivity contribution < 1.29 is 0 Å². The Morgan fingerprint density at radius 2 is 1.61 bits per heavy atom. The number of hydrogen-bond donors (Lipinski definition) is 1. The third kappa shape index (κ3) is 3.60. The van der Waals surface area contributed by atoms with Gasteiger partial charge in [-0.3, -0.25) is 4.68 Å². The van der Waals surface area contributed by atoms with Crippen LogP contribution in [0.5, 0.6) is 0 Å². The Bertz CT molecular complexity index is 957. The van der Waals surface area contributed by atoms with Gasteiger partial charge in [-0.25, -0.2) is 0 Å². The lowest BCUT2D eigenvalue weighted by Gasteiger charge is -2.57. The quantitative estimate of drug-likeness (QED) is 0.732. The number of rotatable bonds is 5. The summed E-state index contributed by atoms with van der Waals surface area (Å²) in [5.74, 6) is 5.85. The van der Waals surface area contributed by atoms with Crippen molar-refractivity contribution in [3.05, 3.63) is 23.9 Å². The highest BCUT2D eigenvalue weighted by Gasteiger charge is 2.52. The van der Waals surface area contributed by atoms with E-state index in [9.17, 15) is 0 Å². The van der Waals surface area contributed by atoms with Gasteiger partial charge in [-0.15, -0.1) is 10.2 Å². The Morgan fingerprint density at radius 3 is 2.15 bits per heavy atom. The van der Waals surface area contributed by atoms with E-state index >= 15 is 0 Å². The molecule has 0 radical (unpaired) electrons. The molecule has 2 aromatic rings. The average molecular weight is 447 g/mol. The second kappa shape index (κ2) is 7.53. The summed E-state index contributed by atoms with van der Waals surface area (Å²) in [6, 6.07) is 4.70. The van der Waals surface area contributed by atoms with Gasteiger partial charge in [-0.2, -0.15) is 5.10 Å². The molecule has 1 saturated heterocycles. The lowest BCUT2D eigenvalue weighted by atomic mass is 9.49. The summed E-state index contributed by atoms with van der Waals surface area (Å²) in [4.78, 5) is 2.88. The standard InChI is InChI=1S/C27H38N6/c1-17-13-28-32(2)26(17)24-3-4-25(31-30-24)29-23-8-21-14-33(15-22(21)9-23)16-27-10-18-5-19(11-27)7-20(6-18)12-27/h3-4,13,18-23H,5-12,14-16H2,1-2H3,(H,29,31)/t18?,19?,20?,21-,22+,23-,27?. The van der Waals surface area contributed by atoms with Crippen LogP contribution in [0.3, 0.4) is 0 Å². The molecule has 6 nitrogen and oxygen atoms in total. The van der Waals surface area contributed by atoms with Gasteiger partial charge in [-0.1, -0.05) is 0 Å². The number of anilines is 1. The molecule has 5 saturated carbocycles. The van der Waals surface area contributed by atoms with Gasteiger partial charge >= 0.3 is 0 Å². The third-order valence-corrected chi connectivity index (χ3v) is 9.93. The molecule has 33 heavy (non-hydrogen) atoms. The van der Waals surface area contributed by atoms with E-state index in [1.807, 2.05) is 17.9 Å². The number of aromatic nitrogens is 4. The third-order valence-electron chi connectivity index (χ3n) is 9.93. The van der Waals surface area contributed by atoms with Gasteiger partial charge in [0.1, 0.15) is 11.5 Å². The molecule has 176 valence electrons. The molecule has 0 spiro atoms. The Balaban J connectivity index is 0.951. The van der Waals surface area contributed by atoms with Gasteiger partial charge in [0.15, 0.2) is 0 Å². The van der Waals surface area contributed by atoms with Gasteiger partial charge < -0.3 is 10.2 Å². The summed E-state index contributed by atoms with van der Waals surface area (Å²) in [6.45, 7) is 6.13. The van der Waals surface area contributed by atoms with E-state index in [2.05, 4.69) is 44.6 Å². The van der Waals surface area contributed by atoms with Crippen molar-refractivity contribution in [2.45, 2.75) is 64.3 Å². The van der Waals surface area contributed by atoms with Crippen LogP contribution in [0.2, 0.25) is 0 Å². The number of fused-ring (bicyclic) bond motifs is 1. The maximum atomic E-state index is 4.50. The van der Waals surface area contributed by atoms with Crippen LogP contribution in [0.25, 0.3) is 11.4 Å². The molecule has 0 aromatic carbocycles. The predicted molar refractivity (Wildman–Crippen MR) is 130 cm³/mol. The van der Waals surface area contributed by atoms with Crippen molar-refractivity contribution >= 4 is 5.82 Å². The smallest absolute Gasteiger partial charge is 0.148 e. The van der Waals surface area contributed by atoms with Gasteiger partial charge in [0.2, 0.25) is 0 Å². The fraction of sp³-hybridized carbons (Fsp3) is 0.741. The number of hydrogen-bond acceptors (Lipinski definition) is 5. The topological polar surface area (TPSA) is 58.9 Å². The molecule has 6 aliphatic rings. The normalized spacial score (nSPS) is 39.3. The van der Waals surface area contributed by atoms with E-state index in [1.54, 1.807) is 38.5 Å². The Morgan fingerprint density at radius 1 is 0.939 bits per heavy atom. The summed E-state index contributed by atoms with van der Waals surface area (Å²) in [5.41, 5.74) is 3.76. The molecule has 2 aromatic heterocycles. The highest BCUT2D eigenvalue weighted by atomic mass is 15.3. The minimum Gasteiger partial charge on any atom is -0.366 e. The predicted octanol–water partition coefficient (Wildman–Crippen LogP) is 4.52. The van der Waals surface area contributed by atoms with Gasteiger partial charge in [0.25, 0.3) is 0 Å². The summed E-state index contributed by atoms with van der Waals surface area (Å²) in [6.07, 6.45) is 13.8. The monoisotopic (exact) mass is 446 g/mol. The number of nitrogens with zero attached hydrogens (tertiary/aromatic N) is 5. The molecule has 5 aliphatic carbocycles. The first-order chi connectivity index (χ1) is 16.0. The molecule has 8 rings (SSSR count). The lowest BCUT2D eigenvalue weighted by Crippen LogP contribution is -2.51. The fourth-order valence-corrected chi connectivity index (χ4v) is 9.26. The molecule has 0 amide bonds. The zero-order chi connectivity index (χ0) is 22.2. The molecule has 1 N–H and O–H groups in total. The first-order valence-corrected chi connectivity index (χ1v) is 13.3. The lowest BCUT2D eigenvalue weighted by molar-refractivity contribution is -0.0672. The van der Waals surface area contributed by atoms with E-state index in [0.29, 0.717) is 11.5 Å². The second-order valence-corrected chi connectivity index (χ2v) is 12.5. The van der Waals surface area contributed by atoms with Gasteiger partial charge in [0, 0.05) is 32.7 Å². The van der Waals surface area contributed by atoms with Crippen molar-refractivity contribution in [3.8, 4) is 11.4 Å². The first-order valence-electron chi connectivity index (χ1n) is 13.3. The maximum Gasteiger partial charge on any atom is 0.148 e. The van der Waals surface area contributed by atoms with E-state index in [4.69, 9.17) is 0 Å². The van der Waals surface area contributed by atoms with Crippen molar-refractivity contribution in [2.75, 3.05) is 25.0 Å². The SMILES string of the molecule is Cc1cnn(C)c1-c1ccc(N[C@@H]2C[C@@H]3CN(CC45CC6CC(CC(C6)C4)C5)C[C@@H]3C2)nn1. The second-order valence-electron chi connectivity index (χ2n) is 12.5. The Kier molecular flexibility index (Phi) is 4.66. The van der Waals surface area contributed by atoms with E-state index in [0.717, 1.165) is 52.4 Å². The molecule has 1 aliphatic heterocycles. The van der Waals surface area contributed by atoms with E-state index in [-0.39, 0.29) is 0 Å². The number of aryl methyl sites for hydroxylation is 2. The molecule has 6 heteroatoms. The molecule has 6 fully saturated rings. The zero-order valence-electron chi connectivity index (χ0n) is 20.2. The molecule has 3 heterocycles. The van der Waals surface area contributed by atoms with Crippen LogP contribution in [0.4, 0.5) is 5.82 Å². The highest BCUT2D eigenvalue weighted by molar-refractivity contribution is 5.59. The van der Waals surface area contributed by atoms with Crippen LogP contribution >= 0.6 is 0 Å². The van der Waals surface area contributed by atoms with E-state index in [1.165, 1.54) is 32.5 Å². The minimum absolute atomic E-state index is 0.542. The van der Waals surface area contributed by atoms with Crippen LogP contribution in [0.15, 0.2) is 18.3 Å². The van der Waals surface area contributed by atoms with Crippen LogP contribution in [0.1, 0.15) is 56.9 Å². The van der Waals surface area contributed by atoms with Gasteiger partial charge in [-0.05, 0) is 111 Å². The summed E-state index contributed by atoms with van der Waals surface area (Å²) >= 11 is 0. The maximum absolute atomic E-state index is 4.50. The fourth-order valence-electron chi connectivity index (χ4n) is 9.26. The number of nitrogens with one attached hydrogen (secondary N) is 1. The summed E-state index contributed by atoms with van der Waals surface area (Å²) in [5, 5.41) is 17.0. The molecular formula is C27H38N6. The molecular weight excluding hydrogens is 408 g/mol. The van der Waals surface area contributed by atoms with Crippen LogP contribution in [-0.4, -0.2) is 50.6 Å². The van der Waals surface area contributed by atoms with Crippen LogP contribution in [0, 0.1) is 41.9 Å². The van der Waals surface area contributed by atoms with Gasteiger partial charge in [0.05, 0.1) is 11.9 Å². The number of likely N-dealkylation sites (tertiary alicyclic amines) is 1. The van der Waals surface area contributed by atoms with Crippen molar-refractivity contribution in [1.29, 1.82) is 0 Å². The summed E-state index contributed by atoms with van der Waals surface area (Å²) in [7, 11) is 1.96. The Hall–Kier alpha value is -1.95. The van der Waals surface area contributed by atoms with Crippen LogP contribution in [-0.2, 0) is 7.05 Å². The average Bonchev–Trinajstić information content (AvgIpc) is 3.40. The Labute approximate surface area is 197 Å². The summed E-state index contributed by atoms with van der Waals surface area (Å²) < 4.78 is 1.87. The van der Waals surface area contributed by atoms with Crippen molar-refractivity contribution in [2.24, 2.45) is 42.1 Å².